The Hall–Kier alpha value is -2.95. The second kappa shape index (κ2) is 4.77. The van der Waals surface area contributed by atoms with Gasteiger partial charge in [0.15, 0.2) is 11.6 Å². The molecule has 5 nitrogen and oxygen atoms in total. The van der Waals surface area contributed by atoms with E-state index in [1.165, 1.54) is 0 Å². The molecule has 24 heavy (non-hydrogen) atoms. The Bertz CT molecular complexity index is 1030. The Labute approximate surface area is 139 Å². The molecule has 0 saturated carbocycles. The molecule has 118 valence electrons. The van der Waals surface area contributed by atoms with Crippen molar-refractivity contribution in [2.24, 2.45) is 9.98 Å². The summed E-state index contributed by atoms with van der Waals surface area (Å²) in [6, 6.07) is 12.3. The standard InChI is InChI=1S/C19H16N4O/c1-11-10-14(13-6-4-3-5-7-13)22-19-15(11)16-17(24-19)18-20-8-9-23(18)12(2)21-16/h3-7,10H,8-9H2,1-2H3. The number of aromatic nitrogens is 1. The van der Waals surface area contributed by atoms with Crippen molar-refractivity contribution in [3.8, 4) is 11.3 Å². The third kappa shape index (κ3) is 1.78. The Balaban J connectivity index is 1.78. The van der Waals surface area contributed by atoms with Crippen LogP contribution in [0.5, 0.6) is 0 Å². The van der Waals surface area contributed by atoms with E-state index in [2.05, 4.69) is 35.0 Å². The number of aryl methyl sites for hydroxylation is 1. The molecule has 0 unspecified atom stereocenters. The van der Waals surface area contributed by atoms with Crippen LogP contribution in [0.15, 0.2) is 50.8 Å². The van der Waals surface area contributed by atoms with Crippen molar-refractivity contribution in [3.63, 3.8) is 0 Å². The fourth-order valence-corrected chi connectivity index (χ4v) is 3.46. The van der Waals surface area contributed by atoms with Gasteiger partial charge in [-0.2, -0.15) is 0 Å². The van der Waals surface area contributed by atoms with Crippen LogP contribution in [-0.2, 0) is 0 Å². The Morgan fingerprint density at radius 3 is 2.79 bits per heavy atom. The van der Waals surface area contributed by atoms with Crippen LogP contribution in [0.2, 0.25) is 0 Å². The number of aliphatic imine (C=N–C) groups is 2. The van der Waals surface area contributed by atoms with Gasteiger partial charge in [0.2, 0.25) is 5.71 Å². The topological polar surface area (TPSA) is 54.0 Å². The molecule has 2 aliphatic heterocycles. The Kier molecular flexibility index (Phi) is 2.68. The summed E-state index contributed by atoms with van der Waals surface area (Å²) in [6.07, 6.45) is 0. The number of furan rings is 1. The van der Waals surface area contributed by atoms with Crippen molar-refractivity contribution < 1.29 is 4.42 Å². The zero-order chi connectivity index (χ0) is 16.3. The number of hydrogen-bond donors (Lipinski definition) is 0. The molecule has 0 fully saturated rings. The van der Waals surface area contributed by atoms with Crippen molar-refractivity contribution >= 4 is 28.5 Å². The van der Waals surface area contributed by atoms with E-state index in [9.17, 15) is 0 Å². The molecule has 5 rings (SSSR count). The molecule has 0 amide bonds. The molecule has 2 aliphatic rings. The number of benzene rings is 1. The number of rotatable bonds is 1. The Morgan fingerprint density at radius 1 is 1.12 bits per heavy atom. The SMILES string of the molecule is CC1=Nc2c(oc3nc(-c4ccccc4)cc(C)c23)C2=NCCN12. The van der Waals surface area contributed by atoms with Gasteiger partial charge in [-0.25, -0.2) is 9.98 Å². The van der Waals surface area contributed by atoms with Crippen LogP contribution in [0.3, 0.4) is 0 Å². The molecule has 0 N–H and O–H groups in total. The van der Waals surface area contributed by atoms with Crippen LogP contribution in [0.4, 0.5) is 5.69 Å². The average Bonchev–Trinajstić information content (AvgIpc) is 3.20. The van der Waals surface area contributed by atoms with Gasteiger partial charge < -0.3 is 9.32 Å². The highest BCUT2D eigenvalue weighted by molar-refractivity contribution is 6.18. The van der Waals surface area contributed by atoms with Crippen LogP contribution in [-0.4, -0.2) is 34.6 Å². The monoisotopic (exact) mass is 316 g/mol. The number of fused-ring (bicyclic) bond motifs is 5. The zero-order valence-corrected chi connectivity index (χ0v) is 13.6. The molecule has 0 atom stereocenters. The molecule has 1 aromatic carbocycles. The summed E-state index contributed by atoms with van der Waals surface area (Å²) in [5.41, 5.74) is 4.61. The van der Waals surface area contributed by atoms with Gasteiger partial charge in [0.05, 0.1) is 17.6 Å². The van der Waals surface area contributed by atoms with Crippen molar-refractivity contribution in [2.45, 2.75) is 13.8 Å². The van der Waals surface area contributed by atoms with E-state index in [0.29, 0.717) is 5.71 Å². The van der Waals surface area contributed by atoms with Gasteiger partial charge in [-0.3, -0.25) is 4.99 Å². The maximum atomic E-state index is 6.11. The molecule has 0 radical (unpaired) electrons. The van der Waals surface area contributed by atoms with E-state index in [-0.39, 0.29) is 0 Å². The minimum absolute atomic E-state index is 0.631. The third-order valence-electron chi connectivity index (χ3n) is 4.61. The largest absolute Gasteiger partial charge is 0.432 e. The minimum Gasteiger partial charge on any atom is -0.432 e. The molecule has 0 aliphatic carbocycles. The molecule has 2 aromatic heterocycles. The smallest absolute Gasteiger partial charge is 0.230 e. The van der Waals surface area contributed by atoms with Crippen LogP contribution < -0.4 is 0 Å². The summed E-state index contributed by atoms with van der Waals surface area (Å²) in [5, 5.41) is 0.985. The number of amidine groups is 2. The Morgan fingerprint density at radius 2 is 1.96 bits per heavy atom. The molecule has 4 heterocycles. The molecule has 3 aromatic rings. The maximum absolute atomic E-state index is 6.11. The minimum atomic E-state index is 0.631. The van der Waals surface area contributed by atoms with Gasteiger partial charge in [0.1, 0.15) is 11.5 Å². The summed E-state index contributed by atoms with van der Waals surface area (Å²) in [5.74, 6) is 2.60. The quantitative estimate of drug-likeness (QED) is 0.683. The van der Waals surface area contributed by atoms with E-state index >= 15 is 0 Å². The van der Waals surface area contributed by atoms with Gasteiger partial charge in [-0.15, -0.1) is 0 Å². The summed E-state index contributed by atoms with van der Waals surface area (Å²) < 4.78 is 6.11. The normalized spacial score (nSPS) is 16.0. The summed E-state index contributed by atoms with van der Waals surface area (Å²) >= 11 is 0. The first-order valence-electron chi connectivity index (χ1n) is 8.09. The highest BCUT2D eigenvalue weighted by atomic mass is 16.3. The lowest BCUT2D eigenvalue weighted by Crippen LogP contribution is -2.34. The summed E-state index contributed by atoms with van der Waals surface area (Å²) in [6.45, 7) is 5.74. The highest BCUT2D eigenvalue weighted by Gasteiger charge is 2.33. The van der Waals surface area contributed by atoms with Crippen LogP contribution in [0, 0.1) is 6.92 Å². The number of hydrogen-bond acceptors (Lipinski definition) is 5. The first kappa shape index (κ1) is 13.5. The lowest BCUT2D eigenvalue weighted by molar-refractivity contribution is 0.566. The molecule has 0 saturated heterocycles. The summed E-state index contributed by atoms with van der Waals surface area (Å²) in [7, 11) is 0. The van der Waals surface area contributed by atoms with Crippen molar-refractivity contribution in [1.29, 1.82) is 0 Å². The third-order valence-corrected chi connectivity index (χ3v) is 4.61. The molecule has 5 heteroatoms. The van der Waals surface area contributed by atoms with Gasteiger partial charge in [0, 0.05) is 12.1 Å². The van der Waals surface area contributed by atoms with E-state index in [0.717, 1.165) is 58.4 Å². The second-order valence-electron chi connectivity index (χ2n) is 6.17. The maximum Gasteiger partial charge on any atom is 0.230 e. The van der Waals surface area contributed by atoms with Crippen molar-refractivity contribution in [1.82, 2.24) is 9.88 Å². The van der Waals surface area contributed by atoms with Gasteiger partial charge in [0.25, 0.3) is 0 Å². The zero-order valence-electron chi connectivity index (χ0n) is 13.6. The predicted molar refractivity (Wildman–Crippen MR) is 95.1 cm³/mol. The van der Waals surface area contributed by atoms with E-state index in [1.807, 2.05) is 25.1 Å². The molecule has 0 spiro atoms. The number of nitrogens with zero attached hydrogens (tertiary/aromatic N) is 4. The highest BCUT2D eigenvalue weighted by Crippen LogP contribution is 2.40. The van der Waals surface area contributed by atoms with Gasteiger partial charge >= 0.3 is 0 Å². The van der Waals surface area contributed by atoms with Crippen LogP contribution >= 0.6 is 0 Å². The predicted octanol–water partition coefficient (Wildman–Crippen LogP) is 3.93. The van der Waals surface area contributed by atoms with Crippen molar-refractivity contribution in [2.75, 3.05) is 13.1 Å². The second-order valence-corrected chi connectivity index (χ2v) is 6.17. The molecule has 0 bridgehead atoms. The van der Waals surface area contributed by atoms with Gasteiger partial charge in [-0.05, 0) is 25.5 Å². The lowest BCUT2D eigenvalue weighted by Gasteiger charge is -2.22. The van der Waals surface area contributed by atoms with E-state index in [1.54, 1.807) is 0 Å². The van der Waals surface area contributed by atoms with E-state index < -0.39 is 0 Å². The first-order valence-corrected chi connectivity index (χ1v) is 8.09. The van der Waals surface area contributed by atoms with Gasteiger partial charge in [-0.1, -0.05) is 30.3 Å². The summed E-state index contributed by atoms with van der Waals surface area (Å²) in [4.78, 5) is 16.2. The fourth-order valence-electron chi connectivity index (χ4n) is 3.46. The molecular formula is C19H16N4O. The van der Waals surface area contributed by atoms with E-state index in [4.69, 9.17) is 14.4 Å². The average molecular weight is 316 g/mol. The van der Waals surface area contributed by atoms with Crippen molar-refractivity contribution in [3.05, 3.63) is 47.7 Å². The first-order chi connectivity index (χ1) is 11.7. The van der Waals surface area contributed by atoms with Crippen LogP contribution in [0.25, 0.3) is 22.4 Å². The lowest BCUT2D eigenvalue weighted by atomic mass is 10.1. The molecular weight excluding hydrogens is 300 g/mol. The van der Waals surface area contributed by atoms with Crippen LogP contribution in [0.1, 0.15) is 18.2 Å². The fraction of sp³-hybridized carbons (Fsp3) is 0.211. The number of pyridine rings is 1.